The van der Waals surface area contributed by atoms with Crippen molar-refractivity contribution in [1.82, 2.24) is 28.4 Å². The number of rotatable bonds is 15. The van der Waals surface area contributed by atoms with Crippen molar-refractivity contribution in [1.29, 1.82) is 0 Å². The Balaban J connectivity index is 1.32. The zero-order chi connectivity index (χ0) is 43.9. The molecule has 7 aromatic rings. The number of aromatic hydroxyl groups is 1. The van der Waals surface area contributed by atoms with Crippen molar-refractivity contribution >= 4 is 55.0 Å². The molecule has 0 saturated carbocycles. The van der Waals surface area contributed by atoms with Crippen LogP contribution in [0, 0.1) is 29.8 Å². The molecule has 3 heterocycles. The number of hydrogen-bond donors (Lipinski definition) is 2. The summed E-state index contributed by atoms with van der Waals surface area (Å²) in [4.78, 5) is 24.1. The number of nitro benzene ring substituents is 1. The number of methoxy groups -OCH3 is 1. The van der Waals surface area contributed by atoms with Gasteiger partial charge >= 0.3 is 5.97 Å². The molecule has 61 heavy (non-hydrogen) atoms. The van der Waals surface area contributed by atoms with Crippen molar-refractivity contribution < 1.29 is 37.5 Å². The zero-order valence-electron chi connectivity index (χ0n) is 34.0. The lowest BCUT2D eigenvalue weighted by Gasteiger charge is -2.21. The van der Waals surface area contributed by atoms with Crippen LogP contribution in [0.3, 0.4) is 0 Å². The fourth-order valence-electron chi connectivity index (χ4n) is 8.05. The largest absolute Gasteiger partial charge is 0.507 e. The van der Waals surface area contributed by atoms with Crippen molar-refractivity contribution in [3.63, 3.8) is 0 Å². The SMILES string of the molecule is COC(=O)c1c(C)c2c(-c3c(CN(Cc4cc(CCc5cc(O)c6c(F)cccc6c5)n(C)n4)S(=O)(=O)c4ccccc4[N+](=O)[O-])nn(C)c3C)c(Cl)ccc2n1CCCO. The number of esters is 1. The van der Waals surface area contributed by atoms with Gasteiger partial charge in [0.25, 0.3) is 15.7 Å². The molecule has 0 aliphatic carbocycles. The van der Waals surface area contributed by atoms with E-state index in [0.717, 1.165) is 21.6 Å². The van der Waals surface area contributed by atoms with Crippen LogP contribution in [0.2, 0.25) is 5.02 Å². The zero-order valence-corrected chi connectivity index (χ0v) is 35.6. The van der Waals surface area contributed by atoms with Gasteiger partial charge in [-0.1, -0.05) is 41.9 Å². The maximum Gasteiger partial charge on any atom is 0.354 e. The van der Waals surface area contributed by atoms with Crippen LogP contribution in [0.4, 0.5) is 10.1 Å². The van der Waals surface area contributed by atoms with E-state index in [4.69, 9.17) is 21.4 Å². The van der Waals surface area contributed by atoms with Crippen LogP contribution in [0.5, 0.6) is 5.75 Å². The lowest BCUT2D eigenvalue weighted by molar-refractivity contribution is -0.387. The molecule has 0 fully saturated rings. The van der Waals surface area contributed by atoms with Crippen LogP contribution in [0.1, 0.15) is 50.8 Å². The van der Waals surface area contributed by atoms with Crippen molar-refractivity contribution in [2.24, 2.45) is 14.1 Å². The Morgan fingerprint density at radius 1 is 0.967 bits per heavy atom. The average molecular weight is 872 g/mol. The number of aliphatic hydroxyl groups is 1. The van der Waals surface area contributed by atoms with Gasteiger partial charge in [0.15, 0.2) is 4.90 Å². The molecule has 0 amide bonds. The number of phenolic OH excluding ortho intramolecular Hbond substituents is 1. The summed E-state index contributed by atoms with van der Waals surface area (Å²) < 4.78 is 55.2. The summed E-state index contributed by atoms with van der Waals surface area (Å²) in [5.74, 6) is -1.28. The van der Waals surface area contributed by atoms with E-state index in [2.05, 4.69) is 5.10 Å². The molecule has 318 valence electrons. The number of ether oxygens (including phenoxy) is 1. The number of sulfonamides is 1. The maximum absolute atomic E-state index is 14.8. The van der Waals surface area contributed by atoms with Gasteiger partial charge in [0.2, 0.25) is 0 Å². The molecule has 0 radical (unpaired) electrons. The number of hydrogen-bond acceptors (Lipinski definition) is 10. The minimum absolute atomic E-state index is 0.120. The summed E-state index contributed by atoms with van der Waals surface area (Å²) in [7, 11) is 0.0595. The Kier molecular flexibility index (Phi) is 12.0. The van der Waals surface area contributed by atoms with Gasteiger partial charge in [-0.15, -0.1) is 0 Å². The van der Waals surface area contributed by atoms with E-state index < -0.39 is 37.3 Å². The van der Waals surface area contributed by atoms with Gasteiger partial charge in [-0.3, -0.25) is 19.5 Å². The van der Waals surface area contributed by atoms with E-state index in [-0.39, 0.29) is 42.2 Å². The first-order valence-electron chi connectivity index (χ1n) is 19.3. The second-order valence-corrected chi connectivity index (χ2v) is 17.1. The third-order valence-electron chi connectivity index (χ3n) is 11.0. The van der Waals surface area contributed by atoms with Crippen LogP contribution in [-0.4, -0.2) is 71.7 Å². The van der Waals surface area contributed by atoms with Gasteiger partial charge in [0.05, 0.1) is 41.9 Å². The lowest BCUT2D eigenvalue weighted by Crippen LogP contribution is -2.31. The topological polar surface area (TPSA) is 188 Å². The molecular weight excluding hydrogens is 829 g/mol. The third-order valence-corrected chi connectivity index (χ3v) is 13.2. The summed E-state index contributed by atoms with van der Waals surface area (Å²) in [6.45, 7) is 3.06. The first kappa shape index (κ1) is 43.0. The molecule has 0 aliphatic rings. The van der Waals surface area contributed by atoms with Crippen LogP contribution < -0.4 is 0 Å². The monoisotopic (exact) mass is 871 g/mol. The molecule has 0 bridgehead atoms. The van der Waals surface area contributed by atoms with Gasteiger partial charge in [-0.25, -0.2) is 17.6 Å². The highest BCUT2D eigenvalue weighted by atomic mass is 35.5. The van der Waals surface area contributed by atoms with E-state index >= 15 is 0 Å². The Morgan fingerprint density at radius 2 is 1.72 bits per heavy atom. The number of carbonyl (C=O) groups is 1. The minimum Gasteiger partial charge on any atom is -0.507 e. The first-order valence-corrected chi connectivity index (χ1v) is 21.1. The molecular formula is C43H43ClFN7O8S. The predicted octanol–water partition coefficient (Wildman–Crippen LogP) is 7.30. The number of phenols is 1. The van der Waals surface area contributed by atoms with Crippen LogP contribution in [-0.2, 0) is 61.3 Å². The highest BCUT2D eigenvalue weighted by Gasteiger charge is 2.35. The molecule has 4 aromatic carbocycles. The van der Waals surface area contributed by atoms with Gasteiger partial charge in [0.1, 0.15) is 17.3 Å². The molecule has 3 aromatic heterocycles. The summed E-state index contributed by atoms with van der Waals surface area (Å²) in [5.41, 5.74) is 4.59. The normalized spacial score (nSPS) is 12.0. The number of nitrogens with zero attached hydrogens (tertiary/aromatic N) is 7. The molecule has 0 unspecified atom stereocenters. The third kappa shape index (κ3) is 7.96. The molecule has 0 atom stereocenters. The highest BCUT2D eigenvalue weighted by Crippen LogP contribution is 2.43. The highest BCUT2D eigenvalue weighted by molar-refractivity contribution is 7.89. The van der Waals surface area contributed by atoms with Crippen LogP contribution in [0.25, 0.3) is 32.8 Å². The van der Waals surface area contributed by atoms with E-state index in [9.17, 15) is 37.9 Å². The number of halogens is 2. The van der Waals surface area contributed by atoms with Crippen LogP contribution in [0.15, 0.2) is 77.7 Å². The van der Waals surface area contributed by atoms with E-state index in [1.807, 2.05) is 0 Å². The molecule has 18 heteroatoms. The van der Waals surface area contributed by atoms with Crippen molar-refractivity contribution in [3.8, 4) is 16.9 Å². The number of para-hydroxylation sites is 1. The molecule has 15 nitrogen and oxygen atoms in total. The van der Waals surface area contributed by atoms with Crippen molar-refractivity contribution in [2.75, 3.05) is 13.7 Å². The number of nitro groups is 1. The van der Waals surface area contributed by atoms with Crippen molar-refractivity contribution in [3.05, 3.63) is 133 Å². The number of benzene rings is 4. The Hall–Kier alpha value is -6.14. The Labute approximate surface area is 355 Å². The molecule has 2 N–H and O–H groups in total. The Bertz CT molecular complexity index is 2980. The lowest BCUT2D eigenvalue weighted by atomic mass is 9.96. The molecule has 0 saturated heterocycles. The second kappa shape index (κ2) is 17.1. The number of aryl methyl sites for hydroxylation is 6. The predicted molar refractivity (Wildman–Crippen MR) is 227 cm³/mol. The molecule has 0 aliphatic heterocycles. The Morgan fingerprint density at radius 3 is 2.44 bits per heavy atom. The number of carbonyl (C=O) groups excluding carboxylic acids is 1. The van der Waals surface area contributed by atoms with E-state index in [0.29, 0.717) is 75.2 Å². The summed E-state index contributed by atoms with van der Waals surface area (Å²) in [5, 5.41) is 43.5. The standard InChI is InChI=1S/C43H43ClFN7O8S/c1-25-38-35(51(18-9-19-53)42(25)43(55)60-5)17-16-31(44)41(38)39-26(2)48(3)47-33(39)24-50(61(58,59)37-13-7-6-12-34(37)52(56)57)23-29-22-30(49(4)46-29)15-14-27-20-28-10-8-11-32(45)40(28)36(54)21-27/h6-8,10-13,16-17,20-22,53-54H,9,14-15,18-19,23-24H2,1-5H3. The number of fused-ring (bicyclic) bond motifs is 2. The maximum atomic E-state index is 14.8. The fourth-order valence-corrected chi connectivity index (χ4v) is 9.83. The van der Waals surface area contributed by atoms with E-state index in [1.165, 1.54) is 37.4 Å². The minimum atomic E-state index is -4.64. The van der Waals surface area contributed by atoms with Crippen LogP contribution >= 0.6 is 11.6 Å². The van der Waals surface area contributed by atoms with E-state index in [1.54, 1.807) is 78.3 Å². The summed E-state index contributed by atoms with van der Waals surface area (Å²) in [6.07, 6.45) is 1.22. The van der Waals surface area contributed by atoms with Gasteiger partial charge in [0, 0.05) is 71.8 Å². The quantitative estimate of drug-likeness (QED) is 0.0602. The van der Waals surface area contributed by atoms with Gasteiger partial charge in [-0.05, 0) is 86.0 Å². The first-order chi connectivity index (χ1) is 29.1. The summed E-state index contributed by atoms with van der Waals surface area (Å²) >= 11 is 7.04. The fraction of sp³-hybridized carbons (Fsp3) is 0.279. The average Bonchev–Trinajstić information content (AvgIpc) is 3.83. The number of aromatic nitrogens is 5. The van der Waals surface area contributed by atoms with Gasteiger partial charge in [-0.2, -0.15) is 14.5 Å². The molecule has 7 rings (SSSR count). The summed E-state index contributed by atoms with van der Waals surface area (Å²) in [6, 6.07) is 18.2. The smallest absolute Gasteiger partial charge is 0.354 e. The molecule has 0 spiro atoms. The second-order valence-electron chi connectivity index (χ2n) is 14.7. The number of aliphatic hydroxyl groups excluding tert-OH is 1. The van der Waals surface area contributed by atoms with Crippen molar-refractivity contribution in [2.45, 2.75) is 57.6 Å². The van der Waals surface area contributed by atoms with Gasteiger partial charge < -0.3 is 19.5 Å².